The van der Waals surface area contributed by atoms with Crippen molar-refractivity contribution in [2.75, 3.05) is 7.05 Å². The SMILES string of the molecule is CCn1nc(C)c(Cl)c1COc1c(Br)cccc1CNC. The molecule has 0 bridgehead atoms. The third-order valence-electron chi connectivity index (χ3n) is 3.22. The first-order valence-corrected chi connectivity index (χ1v) is 8.02. The molecule has 6 heteroatoms. The molecule has 0 fully saturated rings. The summed E-state index contributed by atoms with van der Waals surface area (Å²) >= 11 is 9.85. The van der Waals surface area contributed by atoms with E-state index in [0.29, 0.717) is 11.6 Å². The Morgan fingerprint density at radius 2 is 2.19 bits per heavy atom. The van der Waals surface area contributed by atoms with Crippen molar-refractivity contribution in [3.63, 3.8) is 0 Å². The van der Waals surface area contributed by atoms with Gasteiger partial charge in [-0.2, -0.15) is 5.10 Å². The Hall–Kier alpha value is -1.04. The van der Waals surface area contributed by atoms with Gasteiger partial charge < -0.3 is 10.1 Å². The molecule has 0 aliphatic carbocycles. The van der Waals surface area contributed by atoms with Crippen LogP contribution in [0.1, 0.15) is 23.9 Å². The quantitative estimate of drug-likeness (QED) is 0.835. The Bertz CT molecular complexity index is 628. The zero-order valence-corrected chi connectivity index (χ0v) is 14.8. The molecule has 2 aromatic rings. The second-order valence-corrected chi connectivity index (χ2v) is 5.94. The van der Waals surface area contributed by atoms with E-state index in [1.54, 1.807) is 0 Å². The standard InChI is InChI=1S/C15H19BrClN3O/c1-4-20-13(14(17)10(2)19-20)9-21-15-11(8-18-3)6-5-7-12(15)16/h5-7,18H,4,8-9H2,1-3H3. The highest BCUT2D eigenvalue weighted by Crippen LogP contribution is 2.31. The average molecular weight is 373 g/mol. The van der Waals surface area contributed by atoms with Crippen LogP contribution in [0.4, 0.5) is 0 Å². The molecule has 0 saturated heterocycles. The van der Waals surface area contributed by atoms with Gasteiger partial charge >= 0.3 is 0 Å². The van der Waals surface area contributed by atoms with Gasteiger partial charge in [-0.15, -0.1) is 0 Å². The Morgan fingerprint density at radius 3 is 2.86 bits per heavy atom. The summed E-state index contributed by atoms with van der Waals surface area (Å²) in [6.07, 6.45) is 0. The fourth-order valence-electron chi connectivity index (χ4n) is 2.19. The predicted molar refractivity (Wildman–Crippen MR) is 88.9 cm³/mol. The number of halogens is 2. The summed E-state index contributed by atoms with van der Waals surface area (Å²) in [5.41, 5.74) is 2.84. The van der Waals surface area contributed by atoms with Crippen LogP contribution in [0, 0.1) is 6.92 Å². The minimum atomic E-state index is 0.396. The largest absolute Gasteiger partial charge is 0.486 e. The van der Waals surface area contributed by atoms with Gasteiger partial charge in [-0.1, -0.05) is 23.7 Å². The Balaban J connectivity index is 2.24. The molecule has 0 saturated carbocycles. The van der Waals surface area contributed by atoms with Crippen LogP contribution < -0.4 is 10.1 Å². The summed E-state index contributed by atoms with van der Waals surface area (Å²) < 4.78 is 8.83. The van der Waals surface area contributed by atoms with E-state index in [2.05, 4.69) is 26.3 Å². The highest BCUT2D eigenvalue weighted by atomic mass is 79.9. The van der Waals surface area contributed by atoms with Crippen molar-refractivity contribution < 1.29 is 4.74 Å². The molecule has 0 spiro atoms. The van der Waals surface area contributed by atoms with Crippen LogP contribution >= 0.6 is 27.5 Å². The fourth-order valence-corrected chi connectivity index (χ4v) is 2.90. The predicted octanol–water partition coefficient (Wildman–Crippen LogP) is 3.93. The number of para-hydroxylation sites is 1. The minimum absolute atomic E-state index is 0.396. The molecule has 0 aliphatic heterocycles. The molecule has 4 nitrogen and oxygen atoms in total. The molecule has 1 N–H and O–H groups in total. The highest BCUT2D eigenvalue weighted by molar-refractivity contribution is 9.10. The Morgan fingerprint density at radius 1 is 1.43 bits per heavy atom. The normalized spacial score (nSPS) is 10.9. The topological polar surface area (TPSA) is 39.1 Å². The monoisotopic (exact) mass is 371 g/mol. The molecule has 1 aromatic heterocycles. The van der Waals surface area contributed by atoms with Crippen molar-refractivity contribution in [1.29, 1.82) is 0 Å². The maximum atomic E-state index is 6.31. The van der Waals surface area contributed by atoms with Gasteiger partial charge in [0.2, 0.25) is 0 Å². The van der Waals surface area contributed by atoms with Crippen molar-refractivity contribution in [1.82, 2.24) is 15.1 Å². The van der Waals surface area contributed by atoms with Crippen molar-refractivity contribution >= 4 is 27.5 Å². The summed E-state index contributed by atoms with van der Waals surface area (Å²) in [4.78, 5) is 0. The highest BCUT2D eigenvalue weighted by Gasteiger charge is 2.15. The van der Waals surface area contributed by atoms with Gasteiger partial charge in [0.25, 0.3) is 0 Å². The summed E-state index contributed by atoms with van der Waals surface area (Å²) in [6.45, 7) is 5.85. The molecule has 0 radical (unpaired) electrons. The number of ether oxygens (including phenoxy) is 1. The molecule has 1 heterocycles. The first-order chi connectivity index (χ1) is 10.1. The van der Waals surface area contributed by atoms with E-state index in [0.717, 1.165) is 40.3 Å². The molecule has 2 rings (SSSR count). The number of aromatic nitrogens is 2. The lowest BCUT2D eigenvalue weighted by atomic mass is 10.2. The summed E-state index contributed by atoms with van der Waals surface area (Å²) in [7, 11) is 1.91. The second kappa shape index (κ2) is 7.29. The number of hydrogen-bond donors (Lipinski definition) is 1. The van der Waals surface area contributed by atoms with E-state index in [-0.39, 0.29) is 0 Å². The van der Waals surface area contributed by atoms with E-state index in [9.17, 15) is 0 Å². The number of hydrogen-bond acceptors (Lipinski definition) is 3. The first-order valence-electron chi connectivity index (χ1n) is 6.85. The van der Waals surface area contributed by atoms with Crippen LogP contribution in [0.2, 0.25) is 5.02 Å². The summed E-state index contributed by atoms with van der Waals surface area (Å²) in [5.74, 6) is 0.837. The zero-order chi connectivity index (χ0) is 15.4. The lowest BCUT2D eigenvalue weighted by Gasteiger charge is -2.14. The lowest BCUT2D eigenvalue weighted by molar-refractivity contribution is 0.287. The van der Waals surface area contributed by atoms with Gasteiger partial charge in [-0.3, -0.25) is 4.68 Å². The van der Waals surface area contributed by atoms with Crippen LogP contribution in [0.5, 0.6) is 5.75 Å². The van der Waals surface area contributed by atoms with E-state index < -0.39 is 0 Å². The Labute approximate surface area is 138 Å². The van der Waals surface area contributed by atoms with Crippen molar-refractivity contribution in [2.24, 2.45) is 0 Å². The van der Waals surface area contributed by atoms with Gasteiger partial charge in [-0.05, 0) is 42.9 Å². The number of nitrogens with zero attached hydrogens (tertiary/aromatic N) is 2. The molecular formula is C15H19BrClN3O. The second-order valence-electron chi connectivity index (χ2n) is 4.71. The van der Waals surface area contributed by atoms with E-state index >= 15 is 0 Å². The van der Waals surface area contributed by atoms with Crippen LogP contribution in [-0.2, 0) is 19.7 Å². The average Bonchev–Trinajstić information content (AvgIpc) is 2.74. The van der Waals surface area contributed by atoms with Crippen LogP contribution in [0.25, 0.3) is 0 Å². The maximum Gasteiger partial charge on any atom is 0.138 e. The molecule has 21 heavy (non-hydrogen) atoms. The van der Waals surface area contributed by atoms with Gasteiger partial charge in [0.15, 0.2) is 0 Å². The summed E-state index contributed by atoms with van der Waals surface area (Å²) in [5, 5.41) is 8.23. The van der Waals surface area contributed by atoms with Crippen LogP contribution in [-0.4, -0.2) is 16.8 Å². The van der Waals surface area contributed by atoms with E-state index in [1.165, 1.54) is 0 Å². The smallest absolute Gasteiger partial charge is 0.138 e. The number of benzene rings is 1. The molecule has 114 valence electrons. The third kappa shape index (κ3) is 3.59. The number of aryl methyl sites for hydroxylation is 2. The van der Waals surface area contributed by atoms with Gasteiger partial charge in [0.1, 0.15) is 12.4 Å². The summed E-state index contributed by atoms with van der Waals surface area (Å²) in [6, 6.07) is 6.01. The first kappa shape index (κ1) is 16.3. The van der Waals surface area contributed by atoms with Crippen molar-refractivity contribution in [3.05, 3.63) is 44.6 Å². The fraction of sp³-hybridized carbons (Fsp3) is 0.400. The zero-order valence-electron chi connectivity index (χ0n) is 12.4. The minimum Gasteiger partial charge on any atom is -0.486 e. The molecule has 1 aromatic carbocycles. The Kier molecular flexibility index (Phi) is 5.67. The van der Waals surface area contributed by atoms with Crippen molar-refractivity contribution in [3.8, 4) is 5.75 Å². The van der Waals surface area contributed by atoms with Crippen LogP contribution in [0.3, 0.4) is 0 Å². The van der Waals surface area contributed by atoms with Crippen LogP contribution in [0.15, 0.2) is 22.7 Å². The molecule has 0 atom stereocenters. The van der Waals surface area contributed by atoms with Crippen molar-refractivity contribution in [2.45, 2.75) is 33.5 Å². The maximum absolute atomic E-state index is 6.31. The third-order valence-corrected chi connectivity index (χ3v) is 4.34. The lowest BCUT2D eigenvalue weighted by Crippen LogP contribution is -2.10. The van der Waals surface area contributed by atoms with Gasteiger partial charge in [-0.25, -0.2) is 0 Å². The van der Waals surface area contributed by atoms with Gasteiger partial charge in [0, 0.05) is 18.7 Å². The van der Waals surface area contributed by atoms with E-state index in [1.807, 2.05) is 43.8 Å². The molecule has 0 aliphatic rings. The molecule has 0 amide bonds. The van der Waals surface area contributed by atoms with Gasteiger partial charge in [0.05, 0.1) is 20.9 Å². The molecule has 0 unspecified atom stereocenters. The number of rotatable bonds is 6. The molecular weight excluding hydrogens is 354 g/mol. The van der Waals surface area contributed by atoms with E-state index in [4.69, 9.17) is 16.3 Å². The number of nitrogens with one attached hydrogen (secondary N) is 1.